The highest BCUT2D eigenvalue weighted by atomic mass is 32.1. The average Bonchev–Trinajstić information content (AvgIpc) is 3.17. The molecule has 1 aliphatic heterocycles. The zero-order valence-electron chi connectivity index (χ0n) is 15.0. The van der Waals surface area contributed by atoms with Gasteiger partial charge in [0.2, 0.25) is 0 Å². The van der Waals surface area contributed by atoms with E-state index in [0.717, 1.165) is 32.0 Å². The van der Waals surface area contributed by atoms with Gasteiger partial charge < -0.3 is 19.5 Å². The highest BCUT2D eigenvalue weighted by Crippen LogP contribution is 2.18. The van der Waals surface area contributed by atoms with Gasteiger partial charge >= 0.3 is 0 Å². The van der Waals surface area contributed by atoms with E-state index in [1.165, 1.54) is 11.3 Å². The summed E-state index contributed by atoms with van der Waals surface area (Å²) in [6.45, 7) is 3.41. The third-order valence-corrected chi connectivity index (χ3v) is 5.49. The van der Waals surface area contributed by atoms with Crippen molar-refractivity contribution in [2.45, 2.75) is 6.54 Å². The van der Waals surface area contributed by atoms with Gasteiger partial charge in [0, 0.05) is 31.4 Å². The van der Waals surface area contributed by atoms with Crippen LogP contribution >= 0.6 is 11.3 Å². The summed E-state index contributed by atoms with van der Waals surface area (Å²) in [4.78, 5) is 35.8. The van der Waals surface area contributed by atoms with Crippen molar-refractivity contribution < 1.29 is 9.53 Å². The molecule has 1 aromatic carbocycles. The largest absolute Gasteiger partial charge is 0.378 e. The van der Waals surface area contributed by atoms with E-state index in [2.05, 4.69) is 14.9 Å². The third-order valence-electron chi connectivity index (χ3n) is 4.59. The van der Waals surface area contributed by atoms with Gasteiger partial charge in [-0.3, -0.25) is 9.59 Å². The Kier molecular flexibility index (Phi) is 4.91. The van der Waals surface area contributed by atoms with E-state index >= 15 is 0 Å². The molecule has 0 unspecified atom stereocenters. The molecule has 2 aromatic heterocycles. The molecule has 0 atom stereocenters. The highest BCUT2D eigenvalue weighted by Gasteiger charge is 2.16. The molecule has 27 heavy (non-hydrogen) atoms. The van der Waals surface area contributed by atoms with E-state index in [0.29, 0.717) is 21.6 Å². The first-order chi connectivity index (χ1) is 13.1. The number of anilines is 1. The van der Waals surface area contributed by atoms with Crippen LogP contribution in [0.2, 0.25) is 0 Å². The number of morpholine rings is 1. The van der Waals surface area contributed by atoms with Crippen molar-refractivity contribution in [2.75, 3.05) is 38.3 Å². The summed E-state index contributed by atoms with van der Waals surface area (Å²) < 4.78 is 5.97. The summed E-state index contributed by atoms with van der Waals surface area (Å²) in [7, 11) is 1.70. The minimum atomic E-state index is -0.166. The molecule has 1 amide bonds. The van der Waals surface area contributed by atoms with Crippen LogP contribution < -0.4 is 10.5 Å². The van der Waals surface area contributed by atoms with Crippen molar-refractivity contribution >= 4 is 33.1 Å². The fourth-order valence-corrected chi connectivity index (χ4v) is 3.88. The summed E-state index contributed by atoms with van der Waals surface area (Å²) in [6.07, 6.45) is 0. The Balaban J connectivity index is 1.47. The summed E-state index contributed by atoms with van der Waals surface area (Å²) in [5.74, 6) is 0.364. The zero-order chi connectivity index (χ0) is 18.8. The van der Waals surface area contributed by atoms with E-state index in [1.54, 1.807) is 11.9 Å². The topological polar surface area (TPSA) is 78.5 Å². The summed E-state index contributed by atoms with van der Waals surface area (Å²) >= 11 is 1.36. The minimum Gasteiger partial charge on any atom is -0.378 e. The van der Waals surface area contributed by atoms with Gasteiger partial charge in [-0.15, -0.1) is 11.3 Å². The maximum absolute atomic E-state index is 12.7. The SMILES string of the molecule is CN(Cc1nc2ccsc2c(=O)[nH]1)C(=O)c1ccc(N2CCOCC2)cc1. The number of nitrogens with zero attached hydrogens (tertiary/aromatic N) is 3. The number of fused-ring (bicyclic) bond motifs is 1. The lowest BCUT2D eigenvalue weighted by molar-refractivity contribution is 0.0781. The van der Waals surface area contributed by atoms with Gasteiger partial charge in [-0.05, 0) is 35.7 Å². The van der Waals surface area contributed by atoms with Gasteiger partial charge in [0.25, 0.3) is 11.5 Å². The number of hydrogen-bond acceptors (Lipinski definition) is 6. The standard InChI is InChI=1S/C19H20N4O3S/c1-22(12-16-20-15-6-11-27-17(15)18(24)21-16)19(25)13-2-4-14(5-3-13)23-7-9-26-10-8-23/h2-6,11H,7-10,12H2,1H3,(H,20,21,24). The number of aromatic amines is 1. The number of hydrogen-bond donors (Lipinski definition) is 1. The van der Waals surface area contributed by atoms with Crippen molar-refractivity contribution in [2.24, 2.45) is 0 Å². The van der Waals surface area contributed by atoms with Gasteiger partial charge in [-0.25, -0.2) is 4.98 Å². The second-order valence-electron chi connectivity index (χ2n) is 6.46. The Morgan fingerprint density at radius 2 is 2.00 bits per heavy atom. The molecule has 1 saturated heterocycles. The number of H-pyrrole nitrogens is 1. The minimum absolute atomic E-state index is 0.114. The van der Waals surface area contributed by atoms with Crippen molar-refractivity contribution in [3.05, 3.63) is 57.5 Å². The fourth-order valence-electron chi connectivity index (χ4n) is 3.15. The van der Waals surface area contributed by atoms with Crippen LogP contribution in [0.1, 0.15) is 16.2 Å². The Hall–Kier alpha value is -2.71. The molecule has 0 saturated carbocycles. The maximum atomic E-state index is 12.7. The van der Waals surface area contributed by atoms with Crippen molar-refractivity contribution in [3.63, 3.8) is 0 Å². The normalized spacial score (nSPS) is 14.5. The first kappa shape index (κ1) is 17.7. The molecule has 8 heteroatoms. The van der Waals surface area contributed by atoms with E-state index in [9.17, 15) is 9.59 Å². The summed E-state index contributed by atoms with van der Waals surface area (Å²) in [6, 6.07) is 9.41. The molecular formula is C19H20N4O3S. The molecule has 140 valence electrons. The average molecular weight is 384 g/mol. The van der Waals surface area contributed by atoms with E-state index in [-0.39, 0.29) is 18.0 Å². The van der Waals surface area contributed by atoms with Crippen LogP contribution in [-0.2, 0) is 11.3 Å². The number of benzene rings is 1. The fraction of sp³-hybridized carbons (Fsp3) is 0.316. The Bertz CT molecular complexity index is 1010. The second-order valence-corrected chi connectivity index (χ2v) is 7.37. The lowest BCUT2D eigenvalue weighted by atomic mass is 10.1. The Labute approximate surface area is 160 Å². The monoisotopic (exact) mass is 384 g/mol. The molecule has 0 aliphatic carbocycles. The van der Waals surface area contributed by atoms with Crippen LogP contribution in [0.4, 0.5) is 5.69 Å². The van der Waals surface area contributed by atoms with Crippen LogP contribution in [0.3, 0.4) is 0 Å². The number of amides is 1. The summed E-state index contributed by atoms with van der Waals surface area (Å²) in [5, 5.41) is 1.83. The lowest BCUT2D eigenvalue weighted by Crippen LogP contribution is -2.36. The van der Waals surface area contributed by atoms with Crippen LogP contribution in [0.25, 0.3) is 10.2 Å². The third kappa shape index (κ3) is 3.72. The molecule has 0 spiro atoms. The van der Waals surface area contributed by atoms with Crippen LogP contribution in [-0.4, -0.2) is 54.1 Å². The highest BCUT2D eigenvalue weighted by molar-refractivity contribution is 7.17. The molecule has 3 aromatic rings. The van der Waals surface area contributed by atoms with Crippen LogP contribution in [0.5, 0.6) is 0 Å². The van der Waals surface area contributed by atoms with E-state index in [4.69, 9.17) is 4.74 Å². The second kappa shape index (κ2) is 7.50. The quantitative estimate of drug-likeness (QED) is 0.745. The number of ether oxygens (including phenoxy) is 1. The molecule has 1 N–H and O–H groups in total. The number of carbonyl (C=O) groups excluding carboxylic acids is 1. The summed E-state index contributed by atoms with van der Waals surface area (Å²) in [5.41, 5.74) is 2.19. The number of carbonyl (C=O) groups is 1. The zero-order valence-corrected chi connectivity index (χ0v) is 15.8. The van der Waals surface area contributed by atoms with E-state index < -0.39 is 0 Å². The molecule has 0 radical (unpaired) electrons. The molecule has 4 rings (SSSR count). The molecule has 1 aliphatic rings. The van der Waals surface area contributed by atoms with Crippen LogP contribution in [0.15, 0.2) is 40.5 Å². The van der Waals surface area contributed by atoms with Gasteiger partial charge in [-0.2, -0.15) is 0 Å². The Morgan fingerprint density at radius 1 is 1.26 bits per heavy atom. The van der Waals surface area contributed by atoms with Gasteiger partial charge in [0.15, 0.2) is 0 Å². The van der Waals surface area contributed by atoms with Gasteiger partial charge in [-0.1, -0.05) is 0 Å². The van der Waals surface area contributed by atoms with Gasteiger partial charge in [0.05, 0.1) is 25.3 Å². The van der Waals surface area contributed by atoms with Crippen molar-refractivity contribution in [3.8, 4) is 0 Å². The lowest BCUT2D eigenvalue weighted by Gasteiger charge is -2.29. The molecule has 1 fully saturated rings. The molecule has 0 bridgehead atoms. The maximum Gasteiger partial charge on any atom is 0.268 e. The smallest absolute Gasteiger partial charge is 0.268 e. The molecular weight excluding hydrogens is 364 g/mol. The number of aromatic nitrogens is 2. The van der Waals surface area contributed by atoms with Crippen molar-refractivity contribution in [1.29, 1.82) is 0 Å². The van der Waals surface area contributed by atoms with E-state index in [1.807, 2.05) is 35.7 Å². The predicted octanol–water partition coefficient (Wildman–Crippen LogP) is 2.09. The number of rotatable bonds is 4. The van der Waals surface area contributed by atoms with Gasteiger partial charge in [0.1, 0.15) is 10.5 Å². The first-order valence-electron chi connectivity index (χ1n) is 8.76. The Morgan fingerprint density at radius 3 is 2.74 bits per heavy atom. The van der Waals surface area contributed by atoms with Crippen molar-refractivity contribution in [1.82, 2.24) is 14.9 Å². The molecule has 3 heterocycles. The molecule has 7 nitrogen and oxygen atoms in total. The number of nitrogens with one attached hydrogen (secondary N) is 1. The number of thiophene rings is 1. The van der Waals surface area contributed by atoms with Crippen LogP contribution in [0, 0.1) is 0 Å². The first-order valence-corrected chi connectivity index (χ1v) is 9.64. The predicted molar refractivity (Wildman–Crippen MR) is 106 cm³/mol.